The molecular formula is C21H31N3O3S. The maximum absolute atomic E-state index is 12.6. The first-order valence-electron chi connectivity index (χ1n) is 10.7. The number of nitrogens with one attached hydrogen (secondary N) is 1. The van der Waals surface area contributed by atoms with Gasteiger partial charge in [0.15, 0.2) is 0 Å². The fourth-order valence-electron chi connectivity index (χ4n) is 4.70. The number of carbonyl (C=O) groups is 1. The molecule has 6 nitrogen and oxygen atoms in total. The van der Waals surface area contributed by atoms with Crippen molar-refractivity contribution in [3.63, 3.8) is 0 Å². The molecule has 2 aliphatic heterocycles. The fourth-order valence-corrected chi connectivity index (χ4v) is 6.22. The van der Waals surface area contributed by atoms with Crippen LogP contribution in [-0.2, 0) is 21.4 Å². The Morgan fingerprint density at radius 1 is 0.929 bits per heavy atom. The summed E-state index contributed by atoms with van der Waals surface area (Å²) in [5, 5.41) is 3.04. The number of carbonyl (C=O) groups excluding carboxylic acids is 1. The van der Waals surface area contributed by atoms with Crippen molar-refractivity contribution in [3.8, 4) is 0 Å². The van der Waals surface area contributed by atoms with Gasteiger partial charge < -0.3 is 5.32 Å². The number of hydrogen-bond donors (Lipinski definition) is 1. The molecule has 2 saturated heterocycles. The van der Waals surface area contributed by atoms with Crippen LogP contribution < -0.4 is 5.32 Å². The number of hydrogen-bond acceptors (Lipinski definition) is 4. The van der Waals surface area contributed by atoms with Gasteiger partial charge in [-0.05, 0) is 49.8 Å². The number of sulfonamides is 1. The summed E-state index contributed by atoms with van der Waals surface area (Å²) >= 11 is 0. The number of likely N-dealkylation sites (tertiary alicyclic amines) is 1. The standard InChI is InChI=1S/C21H31N3O3S/c25-21(20-12-15-24(20)18-6-2-1-3-7-18)22-16-17-8-10-19(11-9-17)28(26,27)23-13-4-5-14-23/h8-11,18,20H,1-7,12-16H2,(H,22,25)/t20-/m0/s1. The van der Waals surface area contributed by atoms with Crippen LogP contribution in [-0.4, -0.2) is 55.2 Å². The molecule has 3 fully saturated rings. The lowest BCUT2D eigenvalue weighted by Gasteiger charge is -2.46. The van der Waals surface area contributed by atoms with E-state index < -0.39 is 10.0 Å². The number of amides is 1. The zero-order valence-corrected chi connectivity index (χ0v) is 17.3. The van der Waals surface area contributed by atoms with Crippen molar-refractivity contribution in [2.24, 2.45) is 0 Å². The zero-order valence-electron chi connectivity index (χ0n) is 16.5. The van der Waals surface area contributed by atoms with Crippen LogP contribution in [0.5, 0.6) is 0 Å². The van der Waals surface area contributed by atoms with Crippen LogP contribution in [0.2, 0.25) is 0 Å². The van der Waals surface area contributed by atoms with Crippen LogP contribution in [0.15, 0.2) is 29.2 Å². The maximum Gasteiger partial charge on any atom is 0.243 e. The van der Waals surface area contributed by atoms with Gasteiger partial charge in [0.1, 0.15) is 0 Å². The summed E-state index contributed by atoms with van der Waals surface area (Å²) in [5.41, 5.74) is 0.928. The van der Waals surface area contributed by atoms with E-state index in [1.54, 1.807) is 16.4 Å². The molecule has 1 N–H and O–H groups in total. The highest BCUT2D eigenvalue weighted by Gasteiger charge is 2.38. The van der Waals surface area contributed by atoms with E-state index in [0.717, 1.165) is 31.4 Å². The van der Waals surface area contributed by atoms with E-state index in [1.807, 2.05) is 12.1 Å². The highest BCUT2D eigenvalue weighted by molar-refractivity contribution is 7.89. The van der Waals surface area contributed by atoms with Crippen molar-refractivity contribution in [2.45, 2.75) is 74.9 Å². The molecule has 1 atom stereocenters. The molecule has 1 saturated carbocycles. The van der Waals surface area contributed by atoms with Gasteiger partial charge in [0.05, 0.1) is 10.9 Å². The van der Waals surface area contributed by atoms with Gasteiger partial charge in [-0.3, -0.25) is 9.69 Å². The summed E-state index contributed by atoms with van der Waals surface area (Å²) < 4.78 is 26.7. The van der Waals surface area contributed by atoms with Gasteiger partial charge >= 0.3 is 0 Å². The van der Waals surface area contributed by atoms with Gasteiger partial charge in [0.2, 0.25) is 15.9 Å². The van der Waals surface area contributed by atoms with E-state index in [2.05, 4.69) is 10.2 Å². The molecule has 2 heterocycles. The van der Waals surface area contributed by atoms with E-state index >= 15 is 0 Å². The second-order valence-corrected chi connectivity index (χ2v) is 10.2. The van der Waals surface area contributed by atoms with Gasteiger partial charge in [-0.15, -0.1) is 0 Å². The van der Waals surface area contributed by atoms with Crippen LogP contribution in [0.3, 0.4) is 0 Å². The van der Waals surface area contributed by atoms with Crippen molar-refractivity contribution in [2.75, 3.05) is 19.6 Å². The number of benzene rings is 1. The molecule has 0 radical (unpaired) electrons. The van der Waals surface area contributed by atoms with E-state index in [1.165, 1.54) is 32.1 Å². The molecule has 1 amide bonds. The van der Waals surface area contributed by atoms with Crippen molar-refractivity contribution in [3.05, 3.63) is 29.8 Å². The smallest absolute Gasteiger partial charge is 0.243 e. The van der Waals surface area contributed by atoms with Gasteiger partial charge in [-0.2, -0.15) is 4.31 Å². The van der Waals surface area contributed by atoms with Crippen LogP contribution >= 0.6 is 0 Å². The Hall–Kier alpha value is -1.44. The summed E-state index contributed by atoms with van der Waals surface area (Å²) in [6.07, 6.45) is 9.13. The highest BCUT2D eigenvalue weighted by Crippen LogP contribution is 2.30. The van der Waals surface area contributed by atoms with Crippen LogP contribution in [0.4, 0.5) is 0 Å². The second-order valence-electron chi connectivity index (χ2n) is 8.31. The molecule has 4 rings (SSSR count). The van der Waals surface area contributed by atoms with Crippen molar-refractivity contribution in [1.29, 1.82) is 0 Å². The highest BCUT2D eigenvalue weighted by atomic mass is 32.2. The third kappa shape index (κ3) is 4.11. The monoisotopic (exact) mass is 405 g/mol. The van der Waals surface area contributed by atoms with E-state index in [-0.39, 0.29) is 11.9 Å². The molecule has 154 valence electrons. The number of nitrogens with zero attached hydrogens (tertiary/aromatic N) is 2. The summed E-state index contributed by atoms with van der Waals surface area (Å²) in [5.74, 6) is 0.102. The van der Waals surface area contributed by atoms with Gasteiger partial charge in [-0.1, -0.05) is 31.4 Å². The first-order chi connectivity index (χ1) is 13.6. The van der Waals surface area contributed by atoms with Gasteiger partial charge in [0.25, 0.3) is 0 Å². The zero-order chi connectivity index (χ0) is 19.6. The summed E-state index contributed by atoms with van der Waals surface area (Å²) in [6, 6.07) is 7.53. The minimum Gasteiger partial charge on any atom is -0.351 e. The topological polar surface area (TPSA) is 69.7 Å². The Bertz CT molecular complexity index is 782. The third-order valence-corrected chi connectivity index (χ3v) is 8.41. The first-order valence-corrected chi connectivity index (χ1v) is 12.1. The summed E-state index contributed by atoms with van der Waals surface area (Å²) in [6.45, 7) is 2.70. The lowest BCUT2D eigenvalue weighted by molar-refractivity contribution is -0.133. The fraction of sp³-hybridized carbons (Fsp3) is 0.667. The van der Waals surface area contributed by atoms with E-state index in [9.17, 15) is 13.2 Å². The molecule has 1 aromatic carbocycles. The summed E-state index contributed by atoms with van der Waals surface area (Å²) in [4.78, 5) is 15.3. The van der Waals surface area contributed by atoms with E-state index in [0.29, 0.717) is 30.6 Å². The van der Waals surface area contributed by atoms with Crippen molar-refractivity contribution in [1.82, 2.24) is 14.5 Å². The predicted molar refractivity (Wildman–Crippen MR) is 108 cm³/mol. The molecule has 0 aromatic heterocycles. The first kappa shape index (κ1) is 19.9. The normalized spacial score (nSPS) is 24.8. The molecular weight excluding hydrogens is 374 g/mol. The van der Waals surface area contributed by atoms with Crippen LogP contribution in [0, 0.1) is 0 Å². The lowest BCUT2D eigenvalue weighted by atomic mass is 9.89. The van der Waals surface area contributed by atoms with Crippen molar-refractivity contribution >= 4 is 15.9 Å². The largest absolute Gasteiger partial charge is 0.351 e. The molecule has 0 unspecified atom stereocenters. The minimum absolute atomic E-state index is 0.0120. The molecule has 1 aliphatic carbocycles. The Labute approximate surface area is 168 Å². The number of rotatable bonds is 6. The Balaban J connectivity index is 1.30. The SMILES string of the molecule is O=C(NCc1ccc(S(=O)(=O)N2CCCC2)cc1)[C@@H]1CCN1C1CCCCC1. The average molecular weight is 406 g/mol. The molecule has 3 aliphatic rings. The van der Waals surface area contributed by atoms with Crippen LogP contribution in [0.25, 0.3) is 0 Å². The molecule has 7 heteroatoms. The van der Waals surface area contributed by atoms with E-state index in [4.69, 9.17) is 0 Å². The predicted octanol–water partition coefficient (Wildman–Crippen LogP) is 2.49. The third-order valence-electron chi connectivity index (χ3n) is 6.50. The van der Waals surface area contributed by atoms with Crippen LogP contribution in [0.1, 0.15) is 56.9 Å². The Morgan fingerprint density at radius 3 is 2.21 bits per heavy atom. The Kier molecular flexibility index (Phi) is 6.04. The van der Waals surface area contributed by atoms with Gasteiger partial charge in [-0.25, -0.2) is 8.42 Å². The maximum atomic E-state index is 12.6. The second kappa shape index (κ2) is 8.51. The summed E-state index contributed by atoms with van der Waals surface area (Å²) in [7, 11) is -3.38. The molecule has 28 heavy (non-hydrogen) atoms. The lowest BCUT2D eigenvalue weighted by Crippen LogP contribution is -2.59. The minimum atomic E-state index is -3.38. The Morgan fingerprint density at radius 2 is 1.61 bits per heavy atom. The average Bonchev–Trinajstić information content (AvgIpc) is 3.22. The molecule has 0 bridgehead atoms. The molecule has 1 aromatic rings. The van der Waals surface area contributed by atoms with Crippen molar-refractivity contribution < 1.29 is 13.2 Å². The molecule has 0 spiro atoms. The quantitative estimate of drug-likeness (QED) is 0.789. The van der Waals surface area contributed by atoms with Gasteiger partial charge in [0, 0.05) is 32.2 Å².